The minimum Gasteiger partial charge on any atom is -0.384 e. The van der Waals surface area contributed by atoms with Crippen LogP contribution in [-0.4, -0.2) is 49.8 Å². The predicted molar refractivity (Wildman–Crippen MR) is 71.3 cm³/mol. The van der Waals surface area contributed by atoms with Gasteiger partial charge in [-0.25, -0.2) is 13.4 Å². The smallest absolute Gasteiger partial charge is 0.244 e. The fourth-order valence-corrected chi connectivity index (χ4v) is 4.04. The van der Waals surface area contributed by atoms with E-state index in [0.29, 0.717) is 32.0 Å². The van der Waals surface area contributed by atoms with Crippen molar-refractivity contribution in [3.8, 4) is 0 Å². The molecular weight excluding hydrogens is 282 g/mol. The van der Waals surface area contributed by atoms with E-state index in [1.165, 1.54) is 22.6 Å². The lowest BCUT2D eigenvalue weighted by Gasteiger charge is -2.37. The van der Waals surface area contributed by atoms with Crippen LogP contribution in [0.5, 0.6) is 0 Å². The number of ether oxygens (including phenoxy) is 2. The summed E-state index contributed by atoms with van der Waals surface area (Å²) < 4.78 is 37.7. The van der Waals surface area contributed by atoms with Gasteiger partial charge in [-0.1, -0.05) is 0 Å². The Morgan fingerprint density at radius 3 is 2.70 bits per heavy atom. The SMILES string of the molecule is Nc1ccc(S(=O)(=O)N2CCCC3(C2)OCCO3)cn1. The Hall–Kier alpha value is -1.22. The number of hydrogen-bond donors (Lipinski definition) is 1. The van der Waals surface area contributed by atoms with Crippen molar-refractivity contribution in [2.45, 2.75) is 23.5 Å². The van der Waals surface area contributed by atoms with Gasteiger partial charge in [0.15, 0.2) is 5.79 Å². The summed E-state index contributed by atoms with van der Waals surface area (Å²) in [6.45, 7) is 1.70. The molecule has 1 spiro atoms. The molecule has 0 unspecified atom stereocenters. The third-order valence-corrected chi connectivity index (χ3v) is 5.42. The number of nitrogens with zero attached hydrogens (tertiary/aromatic N) is 2. The Morgan fingerprint density at radius 1 is 1.30 bits per heavy atom. The number of anilines is 1. The van der Waals surface area contributed by atoms with Crippen molar-refractivity contribution in [1.29, 1.82) is 0 Å². The van der Waals surface area contributed by atoms with E-state index >= 15 is 0 Å². The van der Waals surface area contributed by atoms with Gasteiger partial charge in [0.2, 0.25) is 10.0 Å². The van der Waals surface area contributed by atoms with Crippen LogP contribution in [0.25, 0.3) is 0 Å². The summed E-state index contributed by atoms with van der Waals surface area (Å²) in [6.07, 6.45) is 2.71. The molecule has 0 radical (unpaired) electrons. The van der Waals surface area contributed by atoms with Crippen molar-refractivity contribution in [1.82, 2.24) is 9.29 Å². The Balaban J connectivity index is 1.85. The molecule has 3 rings (SSSR count). The third-order valence-electron chi connectivity index (χ3n) is 3.59. The summed E-state index contributed by atoms with van der Waals surface area (Å²) in [4.78, 5) is 3.98. The zero-order valence-corrected chi connectivity index (χ0v) is 11.8. The van der Waals surface area contributed by atoms with Crippen molar-refractivity contribution in [2.75, 3.05) is 32.0 Å². The molecule has 20 heavy (non-hydrogen) atoms. The van der Waals surface area contributed by atoms with E-state index in [2.05, 4.69) is 4.98 Å². The van der Waals surface area contributed by atoms with Crippen LogP contribution in [0.15, 0.2) is 23.2 Å². The van der Waals surface area contributed by atoms with Crippen LogP contribution < -0.4 is 5.73 Å². The highest BCUT2D eigenvalue weighted by Crippen LogP contribution is 2.32. The lowest BCUT2D eigenvalue weighted by atomic mass is 10.1. The molecule has 0 atom stereocenters. The average molecular weight is 299 g/mol. The predicted octanol–water partition coefficient (Wildman–Crippen LogP) is 0.191. The molecule has 0 bridgehead atoms. The highest BCUT2D eigenvalue weighted by Gasteiger charge is 2.44. The molecule has 0 amide bonds. The molecule has 2 aliphatic heterocycles. The van der Waals surface area contributed by atoms with Crippen molar-refractivity contribution >= 4 is 15.8 Å². The number of aromatic nitrogens is 1. The molecule has 2 aliphatic rings. The van der Waals surface area contributed by atoms with Crippen LogP contribution in [0.1, 0.15) is 12.8 Å². The second-order valence-electron chi connectivity index (χ2n) is 4.97. The van der Waals surface area contributed by atoms with E-state index in [1.807, 2.05) is 0 Å². The molecule has 1 aromatic rings. The van der Waals surface area contributed by atoms with Crippen molar-refractivity contribution in [3.05, 3.63) is 18.3 Å². The van der Waals surface area contributed by atoms with Gasteiger partial charge in [-0.15, -0.1) is 0 Å². The quantitative estimate of drug-likeness (QED) is 0.838. The number of pyridine rings is 1. The molecule has 1 aromatic heterocycles. The summed E-state index contributed by atoms with van der Waals surface area (Å²) in [7, 11) is -3.59. The van der Waals surface area contributed by atoms with Crippen LogP contribution in [-0.2, 0) is 19.5 Å². The maximum atomic E-state index is 12.6. The number of sulfonamides is 1. The van der Waals surface area contributed by atoms with E-state index in [9.17, 15) is 8.42 Å². The summed E-state index contributed by atoms with van der Waals surface area (Å²) in [6, 6.07) is 2.95. The van der Waals surface area contributed by atoms with Gasteiger partial charge in [0.1, 0.15) is 10.7 Å². The Morgan fingerprint density at radius 2 is 2.05 bits per heavy atom. The first kappa shape index (κ1) is 13.7. The van der Waals surface area contributed by atoms with Gasteiger partial charge in [0.25, 0.3) is 0 Å². The van der Waals surface area contributed by atoms with Crippen LogP contribution in [0.4, 0.5) is 5.82 Å². The van der Waals surface area contributed by atoms with E-state index in [1.54, 1.807) is 0 Å². The average Bonchev–Trinajstić information content (AvgIpc) is 2.87. The summed E-state index contributed by atoms with van der Waals surface area (Å²) in [5.74, 6) is -0.478. The Labute approximate surface area is 117 Å². The van der Waals surface area contributed by atoms with Gasteiger partial charge in [0, 0.05) is 19.2 Å². The lowest BCUT2D eigenvalue weighted by Crippen LogP contribution is -2.50. The minimum absolute atomic E-state index is 0.141. The lowest BCUT2D eigenvalue weighted by molar-refractivity contribution is -0.179. The first-order valence-corrected chi connectivity index (χ1v) is 7.96. The molecule has 0 aromatic carbocycles. The minimum atomic E-state index is -3.59. The molecule has 8 heteroatoms. The number of piperidine rings is 1. The van der Waals surface area contributed by atoms with Crippen LogP contribution in [0.2, 0.25) is 0 Å². The monoisotopic (exact) mass is 299 g/mol. The number of hydrogen-bond acceptors (Lipinski definition) is 6. The second-order valence-corrected chi connectivity index (χ2v) is 6.91. The van der Waals surface area contributed by atoms with E-state index in [4.69, 9.17) is 15.2 Å². The largest absolute Gasteiger partial charge is 0.384 e. The second kappa shape index (κ2) is 4.96. The maximum Gasteiger partial charge on any atom is 0.244 e. The zero-order valence-electron chi connectivity index (χ0n) is 11.0. The van der Waals surface area contributed by atoms with E-state index in [-0.39, 0.29) is 11.4 Å². The summed E-state index contributed by atoms with van der Waals surface area (Å²) in [5, 5.41) is 0. The number of nitrogens with two attached hydrogens (primary N) is 1. The van der Waals surface area contributed by atoms with E-state index < -0.39 is 15.8 Å². The van der Waals surface area contributed by atoms with Crippen LogP contribution in [0, 0.1) is 0 Å². The maximum absolute atomic E-state index is 12.6. The van der Waals surface area contributed by atoms with E-state index in [0.717, 1.165) is 6.42 Å². The first-order valence-electron chi connectivity index (χ1n) is 6.52. The van der Waals surface area contributed by atoms with Gasteiger partial charge in [-0.05, 0) is 18.6 Å². The van der Waals surface area contributed by atoms with Crippen molar-refractivity contribution < 1.29 is 17.9 Å². The molecule has 2 saturated heterocycles. The molecule has 2 fully saturated rings. The molecule has 3 heterocycles. The van der Waals surface area contributed by atoms with Gasteiger partial charge in [0.05, 0.1) is 19.8 Å². The van der Waals surface area contributed by atoms with Gasteiger partial charge in [-0.2, -0.15) is 4.31 Å². The topological polar surface area (TPSA) is 94.8 Å². The zero-order chi connectivity index (χ0) is 14.2. The van der Waals surface area contributed by atoms with Crippen LogP contribution >= 0.6 is 0 Å². The molecule has 7 nitrogen and oxygen atoms in total. The molecule has 0 aliphatic carbocycles. The van der Waals surface area contributed by atoms with Crippen LogP contribution in [0.3, 0.4) is 0 Å². The van der Waals surface area contributed by atoms with Gasteiger partial charge < -0.3 is 15.2 Å². The van der Waals surface area contributed by atoms with Gasteiger partial charge >= 0.3 is 0 Å². The fraction of sp³-hybridized carbons (Fsp3) is 0.583. The summed E-state index contributed by atoms with van der Waals surface area (Å²) >= 11 is 0. The highest BCUT2D eigenvalue weighted by molar-refractivity contribution is 7.89. The molecule has 110 valence electrons. The standard InChI is InChI=1S/C12H17N3O4S/c13-11-3-2-10(8-14-11)20(16,17)15-5-1-4-12(9-15)18-6-7-19-12/h2-3,8H,1,4-7,9H2,(H2,13,14). The van der Waals surface area contributed by atoms with Gasteiger partial charge in [-0.3, -0.25) is 0 Å². The normalized spacial score (nSPS) is 23.2. The first-order chi connectivity index (χ1) is 9.52. The van der Waals surface area contributed by atoms with Crippen molar-refractivity contribution in [2.24, 2.45) is 0 Å². The number of rotatable bonds is 2. The molecular formula is C12H17N3O4S. The molecule has 0 saturated carbocycles. The summed E-state index contributed by atoms with van der Waals surface area (Å²) in [5.41, 5.74) is 5.48. The fourth-order valence-electron chi connectivity index (χ4n) is 2.58. The molecule has 2 N–H and O–H groups in total. The number of nitrogen functional groups attached to an aromatic ring is 1. The van der Waals surface area contributed by atoms with Crippen molar-refractivity contribution in [3.63, 3.8) is 0 Å². The Bertz CT molecular complexity index is 581. The Kier molecular flexibility index (Phi) is 3.41. The highest BCUT2D eigenvalue weighted by atomic mass is 32.2. The third kappa shape index (κ3) is 2.39.